The zero-order valence-electron chi connectivity index (χ0n) is 12.0. The third-order valence-electron chi connectivity index (χ3n) is 4.97. The zero-order chi connectivity index (χ0) is 13.2. The Morgan fingerprint density at radius 2 is 2.11 bits per heavy atom. The molecule has 2 bridgehead atoms. The summed E-state index contributed by atoms with van der Waals surface area (Å²) >= 11 is 0. The summed E-state index contributed by atoms with van der Waals surface area (Å²) in [7, 11) is 1.79. The lowest BCUT2D eigenvalue weighted by atomic mass is 9.86. The summed E-state index contributed by atoms with van der Waals surface area (Å²) in [5.74, 6) is 2.78. The number of esters is 1. The first kappa shape index (κ1) is 13.9. The second-order valence-electron chi connectivity index (χ2n) is 6.59. The van der Waals surface area contributed by atoms with Crippen LogP contribution < -0.4 is 5.32 Å². The molecular weight excluding hydrogens is 226 g/mol. The molecule has 0 spiro atoms. The van der Waals surface area contributed by atoms with Crippen molar-refractivity contribution < 1.29 is 9.53 Å². The van der Waals surface area contributed by atoms with Gasteiger partial charge in [-0.15, -0.1) is 0 Å². The SMILES string of the molecule is CNC(C)(C)C(=O)OCCCC1CC2CCC1C2. The highest BCUT2D eigenvalue weighted by Crippen LogP contribution is 2.49. The highest BCUT2D eigenvalue weighted by Gasteiger charge is 2.38. The number of carbonyl (C=O) groups excluding carboxylic acids is 1. The molecule has 0 aromatic heterocycles. The summed E-state index contributed by atoms with van der Waals surface area (Å²) in [5.41, 5.74) is -0.563. The van der Waals surface area contributed by atoms with Crippen LogP contribution >= 0.6 is 0 Å². The Bertz CT molecular complexity index is 301. The fraction of sp³-hybridized carbons (Fsp3) is 0.933. The van der Waals surface area contributed by atoms with Crippen molar-refractivity contribution in [3.8, 4) is 0 Å². The first-order valence-electron chi connectivity index (χ1n) is 7.39. The molecule has 1 N–H and O–H groups in total. The van der Waals surface area contributed by atoms with Gasteiger partial charge >= 0.3 is 5.97 Å². The fourth-order valence-electron chi connectivity index (χ4n) is 3.52. The molecule has 18 heavy (non-hydrogen) atoms. The van der Waals surface area contributed by atoms with Crippen molar-refractivity contribution in [2.45, 2.75) is 57.9 Å². The third kappa shape index (κ3) is 3.05. The van der Waals surface area contributed by atoms with E-state index in [1.807, 2.05) is 13.8 Å². The molecule has 2 aliphatic carbocycles. The normalized spacial score (nSPS) is 30.7. The minimum absolute atomic E-state index is 0.141. The average molecular weight is 253 g/mol. The number of hydrogen-bond donors (Lipinski definition) is 1. The number of carbonyl (C=O) groups is 1. The van der Waals surface area contributed by atoms with Crippen molar-refractivity contribution in [2.75, 3.05) is 13.7 Å². The molecule has 3 atom stereocenters. The van der Waals surface area contributed by atoms with Crippen LogP contribution in [0.25, 0.3) is 0 Å². The lowest BCUT2D eigenvalue weighted by Crippen LogP contribution is -2.45. The van der Waals surface area contributed by atoms with Gasteiger partial charge in [-0.3, -0.25) is 4.79 Å². The lowest BCUT2D eigenvalue weighted by molar-refractivity contribution is -0.150. The van der Waals surface area contributed by atoms with Crippen LogP contribution in [0.2, 0.25) is 0 Å². The molecule has 0 heterocycles. The number of rotatable bonds is 6. The van der Waals surface area contributed by atoms with Gasteiger partial charge in [0.2, 0.25) is 0 Å². The molecule has 3 unspecified atom stereocenters. The van der Waals surface area contributed by atoms with Gasteiger partial charge in [-0.1, -0.05) is 6.42 Å². The number of ether oxygens (including phenoxy) is 1. The second-order valence-corrected chi connectivity index (χ2v) is 6.59. The van der Waals surface area contributed by atoms with Gasteiger partial charge in [0.25, 0.3) is 0 Å². The Morgan fingerprint density at radius 1 is 1.33 bits per heavy atom. The molecule has 104 valence electrons. The van der Waals surface area contributed by atoms with E-state index in [4.69, 9.17) is 4.74 Å². The summed E-state index contributed by atoms with van der Waals surface area (Å²) in [5, 5.41) is 2.97. The van der Waals surface area contributed by atoms with E-state index in [2.05, 4.69) is 5.32 Å². The maximum Gasteiger partial charge on any atom is 0.325 e. The van der Waals surface area contributed by atoms with E-state index in [0.717, 1.165) is 24.2 Å². The Balaban J connectivity index is 1.60. The molecule has 0 aliphatic heterocycles. The van der Waals surface area contributed by atoms with Crippen molar-refractivity contribution in [3.05, 3.63) is 0 Å². The summed E-state index contributed by atoms with van der Waals surface area (Å²) in [6.45, 7) is 4.29. The van der Waals surface area contributed by atoms with Crippen LogP contribution in [0.3, 0.4) is 0 Å². The van der Waals surface area contributed by atoms with Crippen LogP contribution in [0, 0.1) is 17.8 Å². The van der Waals surface area contributed by atoms with Gasteiger partial charge in [-0.2, -0.15) is 0 Å². The standard InChI is InChI=1S/C15H27NO2/c1-15(2,16-3)14(17)18-8-4-5-12-9-11-6-7-13(12)10-11/h11-13,16H,4-10H2,1-3H3. The topological polar surface area (TPSA) is 38.3 Å². The Kier molecular flexibility index (Phi) is 4.31. The Morgan fingerprint density at radius 3 is 2.67 bits per heavy atom. The summed E-state index contributed by atoms with van der Waals surface area (Å²) in [6, 6.07) is 0. The van der Waals surface area contributed by atoms with Crippen LogP contribution in [0.5, 0.6) is 0 Å². The van der Waals surface area contributed by atoms with Gasteiger partial charge < -0.3 is 10.1 Å². The molecule has 0 aromatic carbocycles. The highest BCUT2D eigenvalue weighted by molar-refractivity contribution is 5.79. The Hall–Kier alpha value is -0.570. The van der Waals surface area contributed by atoms with Gasteiger partial charge in [-0.25, -0.2) is 0 Å². The minimum Gasteiger partial charge on any atom is -0.464 e. The van der Waals surface area contributed by atoms with Gasteiger partial charge in [0.05, 0.1) is 6.61 Å². The molecule has 2 aliphatic rings. The van der Waals surface area contributed by atoms with Gasteiger partial charge in [0, 0.05) is 0 Å². The smallest absolute Gasteiger partial charge is 0.325 e. The van der Waals surface area contributed by atoms with E-state index < -0.39 is 5.54 Å². The van der Waals surface area contributed by atoms with Crippen molar-refractivity contribution in [3.63, 3.8) is 0 Å². The van der Waals surface area contributed by atoms with E-state index in [9.17, 15) is 4.79 Å². The fourth-order valence-corrected chi connectivity index (χ4v) is 3.52. The van der Waals surface area contributed by atoms with Crippen LogP contribution in [0.15, 0.2) is 0 Å². The number of likely N-dealkylation sites (N-methyl/N-ethyl adjacent to an activating group) is 1. The Labute approximate surface area is 111 Å². The molecule has 0 amide bonds. The van der Waals surface area contributed by atoms with E-state index >= 15 is 0 Å². The van der Waals surface area contributed by atoms with Gasteiger partial charge in [-0.05, 0) is 70.8 Å². The molecule has 0 aromatic rings. The van der Waals surface area contributed by atoms with Crippen LogP contribution in [-0.4, -0.2) is 25.2 Å². The maximum absolute atomic E-state index is 11.7. The molecule has 3 nitrogen and oxygen atoms in total. The number of fused-ring (bicyclic) bond motifs is 2. The number of hydrogen-bond acceptors (Lipinski definition) is 3. The predicted molar refractivity (Wildman–Crippen MR) is 72.3 cm³/mol. The van der Waals surface area contributed by atoms with Crippen molar-refractivity contribution in [2.24, 2.45) is 17.8 Å². The summed E-state index contributed by atoms with van der Waals surface area (Å²) in [6.07, 6.45) is 8.08. The molecule has 2 rings (SSSR count). The molecule has 0 radical (unpaired) electrons. The monoisotopic (exact) mass is 253 g/mol. The first-order valence-corrected chi connectivity index (χ1v) is 7.39. The maximum atomic E-state index is 11.7. The first-order chi connectivity index (χ1) is 8.53. The molecule has 0 saturated heterocycles. The summed E-state index contributed by atoms with van der Waals surface area (Å²) < 4.78 is 5.34. The van der Waals surface area contributed by atoms with E-state index in [-0.39, 0.29) is 5.97 Å². The van der Waals surface area contributed by atoms with Crippen molar-refractivity contribution in [1.82, 2.24) is 5.32 Å². The highest BCUT2D eigenvalue weighted by atomic mass is 16.5. The molecule has 2 fully saturated rings. The minimum atomic E-state index is -0.563. The average Bonchev–Trinajstić information content (AvgIpc) is 2.96. The predicted octanol–water partition coefficient (Wildman–Crippen LogP) is 2.74. The van der Waals surface area contributed by atoms with Crippen molar-refractivity contribution in [1.29, 1.82) is 0 Å². The van der Waals surface area contributed by atoms with E-state index in [0.29, 0.717) is 6.61 Å². The third-order valence-corrected chi connectivity index (χ3v) is 4.97. The quantitative estimate of drug-likeness (QED) is 0.584. The van der Waals surface area contributed by atoms with Gasteiger partial charge in [0.1, 0.15) is 5.54 Å². The zero-order valence-corrected chi connectivity index (χ0v) is 12.0. The van der Waals surface area contributed by atoms with Crippen LogP contribution in [0.4, 0.5) is 0 Å². The van der Waals surface area contributed by atoms with Crippen LogP contribution in [0.1, 0.15) is 52.4 Å². The van der Waals surface area contributed by atoms with Gasteiger partial charge in [0.15, 0.2) is 0 Å². The van der Waals surface area contributed by atoms with Crippen LogP contribution in [-0.2, 0) is 9.53 Å². The lowest BCUT2D eigenvalue weighted by Gasteiger charge is -2.23. The molecule has 3 heteroatoms. The molecule has 2 saturated carbocycles. The second kappa shape index (κ2) is 5.60. The van der Waals surface area contributed by atoms with E-state index in [1.165, 1.54) is 32.1 Å². The van der Waals surface area contributed by atoms with E-state index in [1.54, 1.807) is 7.05 Å². The number of nitrogens with one attached hydrogen (secondary N) is 1. The molecular formula is C15H27NO2. The largest absolute Gasteiger partial charge is 0.464 e. The van der Waals surface area contributed by atoms with Crippen molar-refractivity contribution >= 4 is 5.97 Å². The summed E-state index contributed by atoms with van der Waals surface area (Å²) in [4.78, 5) is 11.7.